The molecule has 2 rings (SSSR count). The van der Waals surface area contributed by atoms with E-state index in [-0.39, 0.29) is 0 Å². The van der Waals surface area contributed by atoms with E-state index in [1.54, 1.807) is 0 Å². The van der Waals surface area contributed by atoms with Crippen molar-refractivity contribution in [1.29, 1.82) is 0 Å². The van der Waals surface area contributed by atoms with Crippen LogP contribution in [0.3, 0.4) is 0 Å². The maximum absolute atomic E-state index is 13.6. The molecule has 0 saturated carbocycles. The fourth-order valence-corrected chi connectivity index (χ4v) is 1.84. The molecule has 0 aliphatic heterocycles. The highest BCUT2D eigenvalue weighted by atomic mass is 19.4. The molecule has 2 aromatic rings. The van der Waals surface area contributed by atoms with Crippen molar-refractivity contribution in [3.05, 3.63) is 64.0 Å². The number of non-ortho nitro benzene ring substituents is 1. The van der Waals surface area contributed by atoms with Crippen molar-refractivity contribution in [2.24, 2.45) is 0 Å². The largest absolute Gasteiger partial charge is 0.418 e. The first-order chi connectivity index (χ1) is 11.2. The van der Waals surface area contributed by atoms with Crippen LogP contribution in [0.4, 0.5) is 39.4 Å². The van der Waals surface area contributed by atoms with Crippen LogP contribution in [-0.4, -0.2) is 11.0 Å². The molecule has 0 unspecified atom stereocenters. The molecular weight excluding hydrogens is 334 g/mol. The molecule has 0 spiro atoms. The highest BCUT2D eigenvalue weighted by Gasteiger charge is 2.33. The number of anilines is 2. The van der Waals surface area contributed by atoms with Crippen molar-refractivity contribution >= 4 is 23.1 Å². The molecule has 0 heterocycles. The Kier molecular flexibility index (Phi) is 4.67. The first-order valence-electron chi connectivity index (χ1n) is 6.36. The van der Waals surface area contributed by atoms with E-state index >= 15 is 0 Å². The molecule has 0 aromatic heterocycles. The number of nitrogens with zero attached hydrogens (tertiary/aromatic N) is 1. The number of benzene rings is 2. The molecule has 2 amide bonds. The van der Waals surface area contributed by atoms with E-state index in [0.717, 1.165) is 36.4 Å². The van der Waals surface area contributed by atoms with Gasteiger partial charge in [0, 0.05) is 12.1 Å². The molecule has 0 fully saturated rings. The first-order valence-corrected chi connectivity index (χ1v) is 6.36. The summed E-state index contributed by atoms with van der Waals surface area (Å²) >= 11 is 0. The maximum atomic E-state index is 13.6. The Balaban J connectivity index is 2.21. The number of amides is 2. The summed E-state index contributed by atoms with van der Waals surface area (Å²) in [6, 6.07) is 5.44. The summed E-state index contributed by atoms with van der Waals surface area (Å²) < 4.78 is 52.0. The number of carbonyl (C=O) groups is 1. The zero-order chi connectivity index (χ0) is 17.9. The van der Waals surface area contributed by atoms with Gasteiger partial charge in [-0.2, -0.15) is 13.2 Å². The SMILES string of the molecule is O=C(Nc1cc([N+](=O)[O-])ccc1F)Nc1ccccc1C(F)(F)F. The van der Waals surface area contributed by atoms with Gasteiger partial charge >= 0.3 is 12.2 Å². The number of nitro groups is 1. The lowest BCUT2D eigenvalue weighted by Crippen LogP contribution is -2.22. The molecule has 10 heteroatoms. The monoisotopic (exact) mass is 343 g/mol. The molecule has 0 saturated heterocycles. The van der Waals surface area contributed by atoms with Gasteiger partial charge in [0.2, 0.25) is 0 Å². The number of alkyl halides is 3. The molecule has 0 aliphatic carbocycles. The number of nitrogens with one attached hydrogen (secondary N) is 2. The van der Waals surface area contributed by atoms with E-state index in [1.165, 1.54) is 6.07 Å². The third-order valence-corrected chi connectivity index (χ3v) is 2.89. The minimum atomic E-state index is -4.69. The average molecular weight is 343 g/mol. The molecule has 0 aliphatic rings. The Morgan fingerprint density at radius 2 is 1.67 bits per heavy atom. The molecule has 126 valence electrons. The average Bonchev–Trinajstić information content (AvgIpc) is 2.48. The van der Waals surface area contributed by atoms with Gasteiger partial charge in [-0.3, -0.25) is 10.1 Å². The van der Waals surface area contributed by atoms with Crippen LogP contribution in [0.5, 0.6) is 0 Å². The van der Waals surface area contributed by atoms with Gasteiger partial charge in [-0.1, -0.05) is 12.1 Å². The van der Waals surface area contributed by atoms with Crippen molar-refractivity contribution in [1.82, 2.24) is 0 Å². The number of halogens is 4. The Morgan fingerprint density at radius 3 is 2.29 bits per heavy atom. The van der Waals surface area contributed by atoms with Crippen molar-refractivity contribution in [2.45, 2.75) is 6.18 Å². The van der Waals surface area contributed by atoms with Crippen LogP contribution in [-0.2, 0) is 6.18 Å². The van der Waals surface area contributed by atoms with Gasteiger partial charge in [0.05, 0.1) is 21.9 Å². The Bertz CT molecular complexity index is 793. The van der Waals surface area contributed by atoms with Gasteiger partial charge in [-0.05, 0) is 18.2 Å². The Labute approximate surface area is 132 Å². The summed E-state index contributed by atoms with van der Waals surface area (Å²) in [7, 11) is 0. The van der Waals surface area contributed by atoms with Crippen LogP contribution in [0.1, 0.15) is 5.56 Å². The predicted molar refractivity (Wildman–Crippen MR) is 77.1 cm³/mol. The second-order valence-corrected chi connectivity index (χ2v) is 4.54. The van der Waals surface area contributed by atoms with Gasteiger partial charge in [-0.15, -0.1) is 0 Å². The highest BCUT2D eigenvalue weighted by Crippen LogP contribution is 2.34. The van der Waals surface area contributed by atoms with Crippen molar-refractivity contribution < 1.29 is 27.3 Å². The van der Waals surface area contributed by atoms with E-state index in [9.17, 15) is 32.5 Å². The fourth-order valence-electron chi connectivity index (χ4n) is 1.84. The van der Waals surface area contributed by atoms with Crippen LogP contribution in [0.15, 0.2) is 42.5 Å². The highest BCUT2D eigenvalue weighted by molar-refractivity contribution is 6.00. The van der Waals surface area contributed by atoms with E-state index < -0.39 is 45.6 Å². The van der Waals surface area contributed by atoms with Crippen LogP contribution in [0.25, 0.3) is 0 Å². The van der Waals surface area contributed by atoms with Gasteiger partial charge in [0.15, 0.2) is 0 Å². The number of hydrogen-bond acceptors (Lipinski definition) is 3. The Morgan fingerprint density at radius 1 is 1.04 bits per heavy atom. The van der Waals surface area contributed by atoms with Gasteiger partial charge in [0.25, 0.3) is 5.69 Å². The second-order valence-electron chi connectivity index (χ2n) is 4.54. The summed E-state index contributed by atoms with van der Waals surface area (Å²) in [5, 5.41) is 14.5. The lowest BCUT2D eigenvalue weighted by Gasteiger charge is -2.14. The summed E-state index contributed by atoms with van der Waals surface area (Å²) in [6.45, 7) is 0. The first kappa shape index (κ1) is 17.2. The zero-order valence-corrected chi connectivity index (χ0v) is 11.7. The summed E-state index contributed by atoms with van der Waals surface area (Å²) in [4.78, 5) is 21.6. The molecule has 6 nitrogen and oxygen atoms in total. The number of carbonyl (C=O) groups excluding carboxylic acids is 1. The van der Waals surface area contributed by atoms with Crippen molar-refractivity contribution in [3.63, 3.8) is 0 Å². The van der Waals surface area contributed by atoms with Crippen LogP contribution >= 0.6 is 0 Å². The van der Waals surface area contributed by atoms with E-state index in [0.29, 0.717) is 0 Å². The number of hydrogen-bond donors (Lipinski definition) is 2. The summed E-state index contributed by atoms with van der Waals surface area (Å²) in [5.74, 6) is -0.972. The van der Waals surface area contributed by atoms with E-state index in [2.05, 4.69) is 0 Å². The lowest BCUT2D eigenvalue weighted by atomic mass is 10.1. The minimum absolute atomic E-state index is 0.484. The van der Waals surface area contributed by atoms with Gasteiger partial charge in [0.1, 0.15) is 5.82 Å². The standard InChI is InChI=1S/C14H9F4N3O3/c15-10-6-5-8(21(23)24)7-12(10)20-13(22)19-11-4-2-1-3-9(11)14(16,17)18/h1-7H,(H2,19,20,22). The van der Waals surface area contributed by atoms with Gasteiger partial charge in [-0.25, -0.2) is 9.18 Å². The summed E-state index contributed by atoms with van der Waals surface area (Å²) in [5.41, 5.74) is -2.64. The van der Waals surface area contributed by atoms with Crippen LogP contribution < -0.4 is 10.6 Å². The third kappa shape index (κ3) is 3.97. The smallest absolute Gasteiger partial charge is 0.307 e. The quantitative estimate of drug-likeness (QED) is 0.492. The zero-order valence-electron chi connectivity index (χ0n) is 11.7. The predicted octanol–water partition coefficient (Wildman–Crippen LogP) is 4.40. The molecular formula is C14H9F4N3O3. The molecule has 24 heavy (non-hydrogen) atoms. The maximum Gasteiger partial charge on any atom is 0.418 e. The van der Waals surface area contributed by atoms with E-state index in [4.69, 9.17) is 0 Å². The minimum Gasteiger partial charge on any atom is -0.307 e. The number of para-hydroxylation sites is 1. The number of rotatable bonds is 3. The number of urea groups is 1. The van der Waals surface area contributed by atoms with Crippen LogP contribution in [0, 0.1) is 15.9 Å². The van der Waals surface area contributed by atoms with Gasteiger partial charge < -0.3 is 10.6 Å². The molecule has 2 N–H and O–H groups in total. The fraction of sp³-hybridized carbons (Fsp3) is 0.0714. The molecule has 0 radical (unpaired) electrons. The normalized spacial score (nSPS) is 11.0. The van der Waals surface area contributed by atoms with Crippen molar-refractivity contribution in [3.8, 4) is 0 Å². The van der Waals surface area contributed by atoms with Crippen molar-refractivity contribution in [2.75, 3.05) is 10.6 Å². The second kappa shape index (κ2) is 6.52. The summed E-state index contributed by atoms with van der Waals surface area (Å²) in [6.07, 6.45) is -4.69. The van der Waals surface area contributed by atoms with Crippen LogP contribution in [0.2, 0.25) is 0 Å². The third-order valence-electron chi connectivity index (χ3n) is 2.89. The lowest BCUT2D eigenvalue weighted by molar-refractivity contribution is -0.384. The topological polar surface area (TPSA) is 84.3 Å². The molecule has 2 aromatic carbocycles. The number of nitro benzene ring substituents is 1. The molecule has 0 atom stereocenters. The van der Waals surface area contributed by atoms with E-state index in [1.807, 2.05) is 10.6 Å². The Hall–Kier alpha value is -3.17. The molecule has 0 bridgehead atoms.